The summed E-state index contributed by atoms with van der Waals surface area (Å²) >= 11 is 6.10. The Morgan fingerprint density at radius 2 is 1.86 bits per heavy atom. The molecule has 3 N–H and O–H groups in total. The molecular weight excluding hydrogens is 484 g/mol. The molecule has 4 rings (SSSR count). The highest BCUT2D eigenvalue weighted by molar-refractivity contribution is 6.30. The molecule has 0 aliphatic rings. The van der Waals surface area contributed by atoms with Gasteiger partial charge in [-0.1, -0.05) is 52.8 Å². The van der Waals surface area contributed by atoms with Gasteiger partial charge in [0.15, 0.2) is 6.10 Å². The molecular formula is C26H25ClN4O5. The summed E-state index contributed by atoms with van der Waals surface area (Å²) in [6, 6.07) is 19.3. The highest BCUT2D eigenvalue weighted by Crippen LogP contribution is 2.24. The molecule has 0 fully saturated rings. The number of nitrogens with one attached hydrogen (secondary N) is 1. The predicted molar refractivity (Wildman–Crippen MR) is 134 cm³/mol. The summed E-state index contributed by atoms with van der Waals surface area (Å²) < 4.78 is 4.91. The minimum atomic E-state index is -1.40. The fourth-order valence-corrected chi connectivity index (χ4v) is 4.09. The number of rotatable bonds is 9. The Bertz CT molecular complexity index is 1370. The molecule has 0 spiro atoms. The Hall–Kier alpha value is -3.95. The average Bonchev–Trinajstić information content (AvgIpc) is 3.24. The molecule has 186 valence electrons. The number of aliphatic hydroxyl groups is 1. The van der Waals surface area contributed by atoms with E-state index in [1.807, 2.05) is 48.5 Å². The van der Waals surface area contributed by atoms with Gasteiger partial charge in [0.2, 0.25) is 0 Å². The smallest absolute Gasteiger partial charge is 0.335 e. The van der Waals surface area contributed by atoms with Crippen LogP contribution in [0.25, 0.3) is 22.2 Å². The van der Waals surface area contributed by atoms with Crippen molar-refractivity contribution in [2.45, 2.75) is 31.9 Å². The zero-order chi connectivity index (χ0) is 25.7. The third kappa shape index (κ3) is 5.99. The molecule has 0 unspecified atom stereocenters. The fourth-order valence-electron chi connectivity index (χ4n) is 3.90. The predicted octanol–water partition coefficient (Wildman–Crippen LogP) is 3.64. The molecule has 0 aliphatic heterocycles. The lowest BCUT2D eigenvalue weighted by atomic mass is 9.97. The van der Waals surface area contributed by atoms with Crippen LogP contribution in [0, 0.1) is 0 Å². The van der Waals surface area contributed by atoms with Crippen LogP contribution in [-0.4, -0.2) is 56.1 Å². The molecule has 1 aromatic heterocycles. The van der Waals surface area contributed by atoms with Gasteiger partial charge in [0, 0.05) is 23.0 Å². The number of nitrogens with zero attached hydrogens (tertiary/aromatic N) is 3. The Kier molecular flexibility index (Phi) is 7.82. The maximum Gasteiger partial charge on any atom is 0.335 e. The summed E-state index contributed by atoms with van der Waals surface area (Å²) in [5.41, 5.74) is 3.84. The SMILES string of the molecule is CCOC(=O)[C@H](O)C[C@@H](Cc1ccc(-c2cccc(Cl)c2)cc1)NC(=O)c1ccc2nnn(O)c2c1. The van der Waals surface area contributed by atoms with Crippen LogP contribution in [0.5, 0.6) is 0 Å². The zero-order valence-electron chi connectivity index (χ0n) is 19.5. The number of ether oxygens (including phenoxy) is 1. The molecule has 0 radical (unpaired) electrons. The standard InChI is InChI=1S/C26H25ClN4O5/c1-2-36-26(34)24(32)15-21(28-25(33)19-10-11-22-23(14-19)31(35)30-29-22)12-16-6-8-17(9-7-16)18-4-3-5-20(27)13-18/h3-11,13-14,21,24,32,35H,2,12,15H2,1H3,(H,28,33)/t21-,24-/m1/s1. The van der Waals surface area contributed by atoms with Gasteiger partial charge in [-0.2, -0.15) is 0 Å². The summed E-state index contributed by atoms with van der Waals surface area (Å²) in [6.07, 6.45) is -1.08. The van der Waals surface area contributed by atoms with Crippen molar-refractivity contribution in [1.29, 1.82) is 0 Å². The second-order valence-corrected chi connectivity index (χ2v) is 8.70. The molecule has 4 aromatic rings. The number of carbonyl (C=O) groups is 2. The van der Waals surface area contributed by atoms with Crippen molar-refractivity contribution in [3.05, 3.63) is 82.9 Å². The van der Waals surface area contributed by atoms with Gasteiger partial charge in [0.05, 0.1) is 6.61 Å². The van der Waals surface area contributed by atoms with Crippen LogP contribution >= 0.6 is 11.6 Å². The second kappa shape index (κ2) is 11.2. The quantitative estimate of drug-likeness (QED) is 0.233. The Balaban J connectivity index is 1.53. The van der Waals surface area contributed by atoms with Crippen molar-refractivity contribution < 1.29 is 24.6 Å². The Morgan fingerprint density at radius 1 is 1.08 bits per heavy atom. The molecule has 0 saturated heterocycles. The monoisotopic (exact) mass is 508 g/mol. The van der Waals surface area contributed by atoms with Gasteiger partial charge in [-0.3, -0.25) is 4.79 Å². The number of aliphatic hydroxyl groups excluding tert-OH is 1. The number of esters is 1. The van der Waals surface area contributed by atoms with E-state index in [0.717, 1.165) is 16.7 Å². The number of hydrogen-bond donors (Lipinski definition) is 3. The summed E-state index contributed by atoms with van der Waals surface area (Å²) in [5, 5.41) is 31.0. The summed E-state index contributed by atoms with van der Waals surface area (Å²) in [4.78, 5) is 25.6. The van der Waals surface area contributed by atoms with Crippen molar-refractivity contribution in [3.8, 4) is 11.1 Å². The maximum atomic E-state index is 13.0. The van der Waals surface area contributed by atoms with E-state index in [9.17, 15) is 19.9 Å². The first-order valence-electron chi connectivity index (χ1n) is 11.4. The van der Waals surface area contributed by atoms with E-state index < -0.39 is 24.0 Å². The number of halogens is 1. The largest absolute Gasteiger partial charge is 0.464 e. The lowest BCUT2D eigenvalue weighted by Crippen LogP contribution is -2.41. The lowest BCUT2D eigenvalue weighted by Gasteiger charge is -2.21. The minimum absolute atomic E-state index is 0.0393. The number of carbonyl (C=O) groups excluding carboxylic acids is 2. The highest BCUT2D eigenvalue weighted by Gasteiger charge is 2.24. The van der Waals surface area contributed by atoms with Crippen molar-refractivity contribution in [2.75, 3.05) is 6.61 Å². The molecule has 1 heterocycles. The van der Waals surface area contributed by atoms with Crippen LogP contribution in [0.3, 0.4) is 0 Å². The van der Waals surface area contributed by atoms with Gasteiger partial charge in [0.25, 0.3) is 5.91 Å². The van der Waals surface area contributed by atoms with Crippen LogP contribution in [0.1, 0.15) is 29.3 Å². The molecule has 0 saturated carbocycles. The van der Waals surface area contributed by atoms with E-state index >= 15 is 0 Å². The van der Waals surface area contributed by atoms with Crippen molar-refractivity contribution in [3.63, 3.8) is 0 Å². The van der Waals surface area contributed by atoms with Gasteiger partial charge in [-0.15, -0.1) is 5.10 Å². The van der Waals surface area contributed by atoms with Gasteiger partial charge >= 0.3 is 5.97 Å². The van der Waals surface area contributed by atoms with E-state index in [2.05, 4.69) is 15.6 Å². The fraction of sp³-hybridized carbons (Fsp3) is 0.231. The first-order chi connectivity index (χ1) is 17.3. The van der Waals surface area contributed by atoms with Crippen LogP contribution in [0.15, 0.2) is 66.7 Å². The summed E-state index contributed by atoms with van der Waals surface area (Å²) in [5.74, 6) is -1.18. The lowest BCUT2D eigenvalue weighted by molar-refractivity contribution is -0.153. The minimum Gasteiger partial charge on any atom is -0.464 e. The third-order valence-corrected chi connectivity index (χ3v) is 5.92. The van der Waals surface area contributed by atoms with Gasteiger partial charge in [-0.05, 0) is 65.6 Å². The van der Waals surface area contributed by atoms with Crippen LogP contribution < -0.4 is 5.32 Å². The molecule has 0 aliphatic carbocycles. The van der Waals surface area contributed by atoms with E-state index in [-0.39, 0.29) is 24.1 Å². The van der Waals surface area contributed by atoms with Gasteiger partial charge in [-0.25, -0.2) is 4.79 Å². The number of hydrogen-bond acceptors (Lipinski definition) is 7. The topological polar surface area (TPSA) is 127 Å². The van der Waals surface area contributed by atoms with Crippen molar-refractivity contribution in [1.82, 2.24) is 20.5 Å². The number of benzene rings is 3. The molecule has 10 heteroatoms. The van der Waals surface area contributed by atoms with E-state index in [1.54, 1.807) is 19.1 Å². The number of fused-ring (bicyclic) bond motifs is 1. The van der Waals surface area contributed by atoms with Crippen LogP contribution in [0.4, 0.5) is 0 Å². The Labute approximate surface area is 212 Å². The van der Waals surface area contributed by atoms with E-state index in [4.69, 9.17) is 16.3 Å². The third-order valence-electron chi connectivity index (χ3n) is 5.69. The number of amides is 1. The van der Waals surface area contributed by atoms with Crippen LogP contribution in [0.2, 0.25) is 5.02 Å². The van der Waals surface area contributed by atoms with E-state index in [0.29, 0.717) is 21.8 Å². The normalized spacial score (nSPS) is 12.8. The van der Waals surface area contributed by atoms with Gasteiger partial charge in [0.1, 0.15) is 11.0 Å². The average molecular weight is 509 g/mol. The zero-order valence-corrected chi connectivity index (χ0v) is 20.2. The number of aromatic nitrogens is 3. The Morgan fingerprint density at radius 3 is 2.58 bits per heavy atom. The summed E-state index contributed by atoms with van der Waals surface area (Å²) in [7, 11) is 0. The molecule has 36 heavy (non-hydrogen) atoms. The second-order valence-electron chi connectivity index (χ2n) is 8.27. The first-order valence-corrected chi connectivity index (χ1v) is 11.8. The van der Waals surface area contributed by atoms with Gasteiger partial charge < -0.3 is 20.4 Å². The maximum absolute atomic E-state index is 13.0. The molecule has 1 amide bonds. The molecule has 3 aromatic carbocycles. The first kappa shape index (κ1) is 25.2. The highest BCUT2D eigenvalue weighted by atomic mass is 35.5. The molecule has 9 nitrogen and oxygen atoms in total. The van der Waals surface area contributed by atoms with Crippen LogP contribution in [-0.2, 0) is 16.0 Å². The van der Waals surface area contributed by atoms with E-state index in [1.165, 1.54) is 6.07 Å². The molecule has 0 bridgehead atoms. The molecule has 2 atom stereocenters. The van der Waals surface area contributed by atoms with Crippen molar-refractivity contribution in [2.24, 2.45) is 0 Å². The van der Waals surface area contributed by atoms with Crippen molar-refractivity contribution >= 4 is 34.5 Å². The summed E-state index contributed by atoms with van der Waals surface area (Å²) in [6.45, 7) is 1.79.